The Bertz CT molecular complexity index is 737. The molecule has 0 spiro atoms. The Hall–Kier alpha value is -1.73. The highest BCUT2D eigenvalue weighted by atomic mass is 32.1. The van der Waals surface area contributed by atoms with E-state index in [1.54, 1.807) is 16.2 Å². The molecule has 0 atom stereocenters. The number of ether oxygens (including phenoxy) is 1. The molecule has 0 unspecified atom stereocenters. The van der Waals surface area contributed by atoms with Crippen molar-refractivity contribution in [3.8, 4) is 0 Å². The summed E-state index contributed by atoms with van der Waals surface area (Å²) in [5, 5.41) is 5.65. The minimum absolute atomic E-state index is 0.0285. The first-order valence-corrected chi connectivity index (χ1v) is 8.63. The van der Waals surface area contributed by atoms with Crippen LogP contribution in [-0.2, 0) is 16.0 Å². The molecule has 0 bridgehead atoms. The van der Waals surface area contributed by atoms with Crippen molar-refractivity contribution in [2.24, 2.45) is 0 Å². The highest BCUT2D eigenvalue weighted by Crippen LogP contribution is 2.33. The number of rotatable bonds is 5. The van der Waals surface area contributed by atoms with Crippen LogP contribution in [0.25, 0.3) is 10.2 Å². The average Bonchev–Trinajstić information content (AvgIpc) is 2.86. The van der Waals surface area contributed by atoms with Crippen LogP contribution in [-0.4, -0.2) is 53.1 Å². The molecule has 23 heavy (non-hydrogen) atoms. The Morgan fingerprint density at radius 2 is 2.22 bits per heavy atom. The van der Waals surface area contributed by atoms with Crippen LogP contribution in [0.15, 0.2) is 5.38 Å². The number of aromatic nitrogens is 2. The molecule has 124 valence electrons. The Balaban J connectivity index is 1.81. The van der Waals surface area contributed by atoms with Crippen LogP contribution in [0.4, 0.5) is 5.82 Å². The lowest BCUT2D eigenvalue weighted by Crippen LogP contribution is -2.66. The van der Waals surface area contributed by atoms with Gasteiger partial charge in [-0.1, -0.05) is 6.92 Å². The van der Waals surface area contributed by atoms with Gasteiger partial charge in [-0.15, -0.1) is 11.3 Å². The zero-order chi connectivity index (χ0) is 16.6. The molecule has 1 fully saturated rings. The lowest BCUT2D eigenvalue weighted by atomic mass is 9.92. The molecular formula is C16H22N4O2S. The normalized spacial score (nSPS) is 16.4. The summed E-state index contributed by atoms with van der Waals surface area (Å²) in [7, 11) is 1.54. The summed E-state index contributed by atoms with van der Waals surface area (Å²) in [6, 6.07) is 0. The van der Waals surface area contributed by atoms with E-state index in [1.807, 2.05) is 0 Å². The summed E-state index contributed by atoms with van der Waals surface area (Å²) < 4.78 is 5.99. The van der Waals surface area contributed by atoms with Crippen molar-refractivity contribution in [1.82, 2.24) is 14.9 Å². The third-order valence-electron chi connectivity index (χ3n) is 4.08. The van der Waals surface area contributed by atoms with Gasteiger partial charge in [0.05, 0.1) is 15.8 Å². The standard InChI is InChI=1S/C16H22N4O2S/c1-5-11-17-13-10(2)7-23-14(13)15(18-11)19-16(3)8-20(9-16)12(21)6-22-4/h7H,5-6,8-9H2,1-4H3,(H,17,18,19). The van der Waals surface area contributed by atoms with E-state index in [4.69, 9.17) is 4.74 Å². The van der Waals surface area contributed by atoms with E-state index < -0.39 is 0 Å². The van der Waals surface area contributed by atoms with Crippen molar-refractivity contribution >= 4 is 33.3 Å². The fourth-order valence-corrected chi connectivity index (χ4v) is 3.81. The van der Waals surface area contributed by atoms with Gasteiger partial charge >= 0.3 is 0 Å². The van der Waals surface area contributed by atoms with Crippen LogP contribution >= 0.6 is 11.3 Å². The summed E-state index contributed by atoms with van der Waals surface area (Å²) in [5.41, 5.74) is 2.05. The number of likely N-dealkylation sites (tertiary alicyclic amines) is 1. The molecule has 1 aliphatic heterocycles. The van der Waals surface area contributed by atoms with Gasteiger partial charge in [-0.05, 0) is 24.8 Å². The van der Waals surface area contributed by atoms with Gasteiger partial charge in [-0.2, -0.15) is 0 Å². The maximum Gasteiger partial charge on any atom is 0.248 e. The first-order chi connectivity index (χ1) is 11.0. The summed E-state index contributed by atoms with van der Waals surface area (Å²) in [6.45, 7) is 7.70. The molecule has 1 amide bonds. The number of aryl methyl sites for hydroxylation is 2. The molecule has 0 radical (unpaired) electrons. The van der Waals surface area contributed by atoms with Gasteiger partial charge in [0.1, 0.15) is 18.2 Å². The molecule has 2 aromatic heterocycles. The Morgan fingerprint density at radius 3 is 2.87 bits per heavy atom. The molecule has 0 saturated carbocycles. The molecule has 1 saturated heterocycles. The second-order valence-electron chi connectivity index (χ2n) is 6.31. The van der Waals surface area contributed by atoms with Crippen LogP contribution in [0.1, 0.15) is 25.2 Å². The topological polar surface area (TPSA) is 67.4 Å². The fourth-order valence-electron chi connectivity index (χ4n) is 2.87. The first-order valence-electron chi connectivity index (χ1n) is 7.75. The van der Waals surface area contributed by atoms with Gasteiger partial charge in [0, 0.05) is 26.6 Å². The average molecular weight is 334 g/mol. The maximum atomic E-state index is 11.8. The molecule has 0 aliphatic carbocycles. The number of amides is 1. The predicted octanol–water partition coefficient (Wildman–Crippen LogP) is 2.22. The number of fused-ring (bicyclic) bond motifs is 1. The van der Waals surface area contributed by atoms with Crippen molar-refractivity contribution < 1.29 is 9.53 Å². The number of carbonyl (C=O) groups is 1. The lowest BCUT2D eigenvalue weighted by Gasteiger charge is -2.48. The van der Waals surface area contributed by atoms with E-state index >= 15 is 0 Å². The summed E-state index contributed by atoms with van der Waals surface area (Å²) in [5.74, 6) is 1.75. The number of methoxy groups -OCH3 is 1. The van der Waals surface area contributed by atoms with Gasteiger partial charge < -0.3 is 15.0 Å². The number of thiophene rings is 1. The molecule has 2 aromatic rings. The summed E-state index contributed by atoms with van der Waals surface area (Å²) in [4.78, 5) is 22.9. The minimum atomic E-state index is -0.159. The lowest BCUT2D eigenvalue weighted by molar-refractivity contribution is -0.141. The summed E-state index contributed by atoms with van der Waals surface area (Å²) >= 11 is 1.66. The van der Waals surface area contributed by atoms with Crippen molar-refractivity contribution in [2.75, 3.05) is 32.1 Å². The number of anilines is 1. The molecule has 0 aromatic carbocycles. The van der Waals surface area contributed by atoms with Crippen LogP contribution in [0.3, 0.4) is 0 Å². The number of carbonyl (C=O) groups excluding carboxylic acids is 1. The van der Waals surface area contributed by atoms with Crippen LogP contribution < -0.4 is 5.32 Å². The van der Waals surface area contributed by atoms with Crippen molar-refractivity contribution in [3.05, 3.63) is 16.8 Å². The minimum Gasteiger partial charge on any atom is -0.375 e. The Kier molecular flexibility index (Phi) is 4.25. The predicted molar refractivity (Wildman–Crippen MR) is 92.0 cm³/mol. The van der Waals surface area contributed by atoms with Crippen molar-refractivity contribution in [2.45, 2.75) is 32.7 Å². The molecular weight excluding hydrogens is 312 g/mol. The second kappa shape index (κ2) is 6.05. The third-order valence-corrected chi connectivity index (χ3v) is 5.17. The molecule has 1 N–H and O–H groups in total. The number of hydrogen-bond donors (Lipinski definition) is 1. The third kappa shape index (κ3) is 3.03. The van der Waals surface area contributed by atoms with Gasteiger partial charge in [0.25, 0.3) is 0 Å². The number of nitrogens with zero attached hydrogens (tertiary/aromatic N) is 3. The van der Waals surface area contributed by atoms with E-state index in [-0.39, 0.29) is 18.1 Å². The van der Waals surface area contributed by atoms with E-state index in [2.05, 4.69) is 41.4 Å². The van der Waals surface area contributed by atoms with E-state index in [9.17, 15) is 4.79 Å². The van der Waals surface area contributed by atoms with Gasteiger partial charge in [-0.25, -0.2) is 9.97 Å². The number of hydrogen-bond acceptors (Lipinski definition) is 6. The molecule has 1 aliphatic rings. The largest absolute Gasteiger partial charge is 0.375 e. The molecule has 3 rings (SSSR count). The molecule has 3 heterocycles. The SMILES string of the molecule is CCc1nc(NC2(C)CN(C(=O)COC)C2)c2scc(C)c2n1. The molecule has 6 nitrogen and oxygen atoms in total. The Morgan fingerprint density at radius 1 is 1.48 bits per heavy atom. The second-order valence-corrected chi connectivity index (χ2v) is 7.19. The van der Waals surface area contributed by atoms with Crippen LogP contribution in [0, 0.1) is 6.92 Å². The number of nitrogens with one attached hydrogen (secondary N) is 1. The van der Waals surface area contributed by atoms with E-state index in [0.29, 0.717) is 13.1 Å². The maximum absolute atomic E-state index is 11.8. The molecule has 7 heteroatoms. The Labute approximate surface area is 139 Å². The van der Waals surface area contributed by atoms with Gasteiger partial charge in [0.15, 0.2) is 0 Å². The zero-order valence-corrected chi connectivity index (χ0v) is 14.8. The van der Waals surface area contributed by atoms with E-state index in [1.165, 1.54) is 12.7 Å². The highest BCUT2D eigenvalue weighted by Gasteiger charge is 2.41. The smallest absolute Gasteiger partial charge is 0.248 e. The first kappa shape index (κ1) is 16.1. The van der Waals surface area contributed by atoms with Crippen LogP contribution in [0.2, 0.25) is 0 Å². The van der Waals surface area contributed by atoms with Crippen LogP contribution in [0.5, 0.6) is 0 Å². The van der Waals surface area contributed by atoms with Gasteiger partial charge in [-0.3, -0.25) is 4.79 Å². The quantitative estimate of drug-likeness (QED) is 0.908. The van der Waals surface area contributed by atoms with Crippen molar-refractivity contribution in [3.63, 3.8) is 0 Å². The summed E-state index contributed by atoms with van der Waals surface area (Å²) in [6.07, 6.45) is 0.801. The van der Waals surface area contributed by atoms with Gasteiger partial charge in [0.2, 0.25) is 5.91 Å². The van der Waals surface area contributed by atoms with Crippen molar-refractivity contribution in [1.29, 1.82) is 0 Å². The fraction of sp³-hybridized carbons (Fsp3) is 0.562. The zero-order valence-electron chi connectivity index (χ0n) is 14.0. The monoisotopic (exact) mass is 334 g/mol. The highest BCUT2D eigenvalue weighted by molar-refractivity contribution is 7.18. The van der Waals surface area contributed by atoms with E-state index in [0.717, 1.165) is 28.3 Å².